The van der Waals surface area contributed by atoms with Crippen molar-refractivity contribution >= 4 is 12.0 Å². The Bertz CT molecular complexity index is 864. The van der Waals surface area contributed by atoms with E-state index in [0.717, 1.165) is 48.8 Å². The van der Waals surface area contributed by atoms with E-state index >= 15 is 0 Å². The molecule has 1 fully saturated rings. The average Bonchev–Trinajstić information content (AvgIpc) is 2.91. The lowest BCUT2D eigenvalue weighted by Crippen LogP contribution is -2.05. The van der Waals surface area contributed by atoms with E-state index in [4.69, 9.17) is 14.2 Å². The third-order valence-electron chi connectivity index (χ3n) is 6.57. The summed E-state index contributed by atoms with van der Waals surface area (Å²) in [5, 5.41) is 0. The first-order valence-corrected chi connectivity index (χ1v) is 13.5. The van der Waals surface area contributed by atoms with E-state index in [1.54, 1.807) is 6.08 Å². The molecule has 0 amide bonds. The Kier molecular flexibility index (Phi) is 12.3. The largest absolute Gasteiger partial charge is 0.494 e. The third kappa shape index (κ3) is 10.6. The SMILES string of the molecule is CCCCCCOc1ccc(C=CC(=O)OCCCCOc2ccc(C3CCCCC3)cc2)cc1. The molecule has 1 saturated carbocycles. The van der Waals surface area contributed by atoms with Crippen LogP contribution in [0.1, 0.15) is 94.6 Å². The Morgan fingerprint density at radius 1 is 0.771 bits per heavy atom. The molecule has 4 nitrogen and oxygen atoms in total. The number of benzene rings is 2. The Morgan fingerprint density at radius 2 is 1.37 bits per heavy atom. The third-order valence-corrected chi connectivity index (χ3v) is 6.57. The fourth-order valence-electron chi connectivity index (χ4n) is 4.45. The molecule has 0 unspecified atom stereocenters. The Balaban J connectivity index is 1.24. The van der Waals surface area contributed by atoms with Gasteiger partial charge in [0.05, 0.1) is 19.8 Å². The Morgan fingerprint density at radius 3 is 2.03 bits per heavy atom. The van der Waals surface area contributed by atoms with E-state index in [2.05, 4.69) is 31.2 Å². The van der Waals surface area contributed by atoms with Crippen LogP contribution in [-0.4, -0.2) is 25.8 Å². The van der Waals surface area contributed by atoms with Crippen molar-refractivity contribution in [3.05, 3.63) is 65.7 Å². The zero-order valence-corrected chi connectivity index (χ0v) is 21.4. The van der Waals surface area contributed by atoms with Crippen LogP contribution in [0.4, 0.5) is 0 Å². The van der Waals surface area contributed by atoms with Crippen LogP contribution >= 0.6 is 0 Å². The minimum atomic E-state index is -0.319. The maximum atomic E-state index is 12.0. The molecule has 0 aliphatic heterocycles. The lowest BCUT2D eigenvalue weighted by atomic mass is 9.84. The van der Waals surface area contributed by atoms with Gasteiger partial charge in [0.1, 0.15) is 11.5 Å². The fraction of sp³-hybridized carbons (Fsp3) is 0.516. The van der Waals surface area contributed by atoms with Crippen molar-refractivity contribution in [1.29, 1.82) is 0 Å². The first-order valence-electron chi connectivity index (χ1n) is 13.5. The van der Waals surface area contributed by atoms with Gasteiger partial charge in [-0.15, -0.1) is 0 Å². The van der Waals surface area contributed by atoms with Crippen molar-refractivity contribution in [1.82, 2.24) is 0 Å². The molecular formula is C31H42O4. The molecule has 1 aliphatic carbocycles. The molecule has 1 aliphatic rings. The molecule has 0 atom stereocenters. The number of unbranched alkanes of at least 4 members (excludes halogenated alkanes) is 4. The summed E-state index contributed by atoms with van der Waals surface area (Å²) in [4.78, 5) is 12.0. The molecule has 35 heavy (non-hydrogen) atoms. The van der Waals surface area contributed by atoms with Crippen LogP contribution in [0.2, 0.25) is 0 Å². The minimum absolute atomic E-state index is 0.319. The van der Waals surface area contributed by atoms with Gasteiger partial charge in [0.15, 0.2) is 0 Å². The van der Waals surface area contributed by atoms with E-state index < -0.39 is 0 Å². The predicted octanol–water partition coefficient (Wildman–Crippen LogP) is 8.11. The highest BCUT2D eigenvalue weighted by Crippen LogP contribution is 2.33. The quantitative estimate of drug-likeness (QED) is 0.147. The van der Waals surface area contributed by atoms with Crippen molar-refractivity contribution in [3.8, 4) is 11.5 Å². The normalized spacial score (nSPS) is 14.2. The highest BCUT2D eigenvalue weighted by molar-refractivity contribution is 5.87. The molecular weight excluding hydrogens is 436 g/mol. The van der Waals surface area contributed by atoms with Crippen molar-refractivity contribution < 1.29 is 19.0 Å². The van der Waals surface area contributed by atoms with Gasteiger partial charge in [0.25, 0.3) is 0 Å². The maximum Gasteiger partial charge on any atom is 0.330 e. The smallest absolute Gasteiger partial charge is 0.330 e. The summed E-state index contributed by atoms with van der Waals surface area (Å²) in [6, 6.07) is 16.4. The zero-order chi connectivity index (χ0) is 24.6. The predicted molar refractivity (Wildman–Crippen MR) is 143 cm³/mol. The van der Waals surface area contributed by atoms with Crippen LogP contribution in [0.5, 0.6) is 11.5 Å². The van der Waals surface area contributed by atoms with E-state index in [-0.39, 0.29) is 5.97 Å². The van der Waals surface area contributed by atoms with Crippen LogP contribution < -0.4 is 9.47 Å². The lowest BCUT2D eigenvalue weighted by molar-refractivity contribution is -0.137. The second-order valence-corrected chi connectivity index (χ2v) is 9.44. The van der Waals surface area contributed by atoms with Crippen LogP contribution in [0.3, 0.4) is 0 Å². The summed E-state index contributed by atoms with van der Waals surface area (Å²) in [5.74, 6) is 2.18. The van der Waals surface area contributed by atoms with Gasteiger partial charge in [0.2, 0.25) is 0 Å². The summed E-state index contributed by atoms with van der Waals surface area (Å²) in [6.45, 7) is 3.98. The number of ether oxygens (including phenoxy) is 3. The number of carbonyl (C=O) groups is 1. The van der Waals surface area contributed by atoms with Gasteiger partial charge in [-0.3, -0.25) is 0 Å². The fourth-order valence-corrected chi connectivity index (χ4v) is 4.45. The molecule has 0 aromatic heterocycles. The Hall–Kier alpha value is -2.75. The summed E-state index contributed by atoms with van der Waals surface area (Å²) in [6.07, 6.45) is 16.4. The Labute approximate surface area is 211 Å². The summed E-state index contributed by atoms with van der Waals surface area (Å²) >= 11 is 0. The van der Waals surface area contributed by atoms with Gasteiger partial charge in [0, 0.05) is 6.08 Å². The molecule has 4 heteroatoms. The van der Waals surface area contributed by atoms with Crippen LogP contribution in [0.15, 0.2) is 54.6 Å². The van der Waals surface area contributed by atoms with Crippen LogP contribution in [0, 0.1) is 0 Å². The molecule has 2 aromatic rings. The van der Waals surface area contributed by atoms with Crippen molar-refractivity contribution in [2.24, 2.45) is 0 Å². The number of rotatable bonds is 15. The van der Waals surface area contributed by atoms with Crippen LogP contribution in [0.25, 0.3) is 6.08 Å². The zero-order valence-electron chi connectivity index (χ0n) is 21.4. The summed E-state index contributed by atoms with van der Waals surface area (Å²) in [7, 11) is 0. The molecule has 0 heterocycles. The average molecular weight is 479 g/mol. The monoisotopic (exact) mass is 478 g/mol. The van der Waals surface area contributed by atoms with Gasteiger partial charge in [-0.2, -0.15) is 0 Å². The van der Waals surface area contributed by atoms with Gasteiger partial charge < -0.3 is 14.2 Å². The van der Waals surface area contributed by atoms with Crippen molar-refractivity contribution in [2.45, 2.75) is 83.5 Å². The van der Waals surface area contributed by atoms with E-state index in [9.17, 15) is 4.79 Å². The molecule has 0 N–H and O–H groups in total. The van der Waals surface area contributed by atoms with Gasteiger partial charge in [-0.1, -0.05) is 69.7 Å². The van der Waals surface area contributed by atoms with E-state index in [1.807, 2.05) is 24.3 Å². The first kappa shape index (κ1) is 26.8. The van der Waals surface area contributed by atoms with E-state index in [1.165, 1.54) is 63.0 Å². The topological polar surface area (TPSA) is 44.8 Å². The summed E-state index contributed by atoms with van der Waals surface area (Å²) in [5.41, 5.74) is 2.39. The van der Waals surface area contributed by atoms with Crippen molar-refractivity contribution in [3.63, 3.8) is 0 Å². The van der Waals surface area contributed by atoms with Crippen molar-refractivity contribution in [2.75, 3.05) is 19.8 Å². The summed E-state index contributed by atoms with van der Waals surface area (Å²) < 4.78 is 16.9. The molecule has 3 rings (SSSR count). The maximum absolute atomic E-state index is 12.0. The molecule has 2 aromatic carbocycles. The second-order valence-electron chi connectivity index (χ2n) is 9.44. The first-order chi connectivity index (χ1) is 17.2. The molecule has 0 spiro atoms. The van der Waals surface area contributed by atoms with Gasteiger partial charge >= 0.3 is 5.97 Å². The molecule has 0 bridgehead atoms. The highest BCUT2D eigenvalue weighted by atomic mass is 16.5. The number of hydrogen-bond donors (Lipinski definition) is 0. The number of esters is 1. The standard InChI is InChI=1S/C31H42O4/c1-2-3-4-8-23-33-29-18-13-26(14-19-29)15-22-31(32)35-25-10-9-24-34-30-20-16-28(17-21-30)27-11-6-5-7-12-27/h13-22,27H,2-12,23-25H2,1H3. The number of hydrogen-bond acceptors (Lipinski definition) is 4. The van der Waals surface area contributed by atoms with E-state index in [0.29, 0.717) is 13.2 Å². The molecule has 0 radical (unpaired) electrons. The molecule has 0 saturated heterocycles. The second kappa shape index (κ2) is 16.0. The lowest BCUT2D eigenvalue weighted by Gasteiger charge is -2.22. The van der Waals surface area contributed by atoms with Crippen LogP contribution in [-0.2, 0) is 9.53 Å². The number of carbonyl (C=O) groups excluding carboxylic acids is 1. The molecule has 190 valence electrons. The minimum Gasteiger partial charge on any atom is -0.494 e. The van der Waals surface area contributed by atoms with Gasteiger partial charge in [-0.25, -0.2) is 4.79 Å². The van der Waals surface area contributed by atoms with Gasteiger partial charge in [-0.05, 0) is 79.5 Å². The highest BCUT2D eigenvalue weighted by Gasteiger charge is 2.15.